The van der Waals surface area contributed by atoms with Gasteiger partial charge in [0.2, 0.25) is 0 Å². The van der Waals surface area contributed by atoms with Gasteiger partial charge in [0.15, 0.2) is 5.58 Å². The van der Waals surface area contributed by atoms with E-state index >= 15 is 0 Å². The Bertz CT molecular complexity index is 1490. The largest absolute Gasteiger partial charge is 0.423 e. The van der Waals surface area contributed by atoms with Crippen molar-refractivity contribution in [2.45, 2.75) is 44.7 Å². The predicted octanol–water partition coefficient (Wildman–Crippen LogP) is 5.36. The van der Waals surface area contributed by atoms with Gasteiger partial charge in [-0.3, -0.25) is 9.89 Å². The third-order valence-electron chi connectivity index (χ3n) is 8.59. The minimum Gasteiger partial charge on any atom is -0.423 e. The fourth-order valence-electron chi connectivity index (χ4n) is 6.35. The van der Waals surface area contributed by atoms with Gasteiger partial charge in [-0.05, 0) is 63.9 Å². The molecular formula is C30H36N8O. The first-order valence-electron chi connectivity index (χ1n) is 14.2. The quantitative estimate of drug-likeness (QED) is 0.364. The van der Waals surface area contributed by atoms with Crippen LogP contribution in [0.2, 0.25) is 0 Å². The average molecular weight is 525 g/mol. The molecule has 2 aromatic heterocycles. The SMILES string of the molecule is CC1=NCNc2c1c(-c1ccc3nc(Nc4ccccc4)oc3c1)nn2C1CCC(N2CCN(C)CC2)CC1. The topological polar surface area (TPSA) is 86.8 Å². The van der Waals surface area contributed by atoms with Crippen molar-refractivity contribution < 1.29 is 4.42 Å². The van der Waals surface area contributed by atoms with Crippen molar-refractivity contribution >= 4 is 34.3 Å². The first-order valence-corrected chi connectivity index (χ1v) is 14.2. The van der Waals surface area contributed by atoms with Gasteiger partial charge in [0, 0.05) is 49.2 Å². The number of fused-ring (bicyclic) bond motifs is 2. The molecule has 3 aliphatic rings. The molecule has 9 nitrogen and oxygen atoms in total. The van der Waals surface area contributed by atoms with Crippen LogP contribution in [-0.4, -0.2) is 76.2 Å². The Morgan fingerprint density at radius 2 is 1.72 bits per heavy atom. The summed E-state index contributed by atoms with van der Waals surface area (Å²) in [6.45, 7) is 7.42. The molecule has 9 heteroatoms. The highest BCUT2D eigenvalue weighted by atomic mass is 16.4. The summed E-state index contributed by atoms with van der Waals surface area (Å²) in [6.07, 6.45) is 4.76. The van der Waals surface area contributed by atoms with E-state index in [0.717, 1.165) is 58.0 Å². The van der Waals surface area contributed by atoms with E-state index in [0.29, 0.717) is 24.8 Å². The van der Waals surface area contributed by atoms with Gasteiger partial charge in [-0.15, -0.1) is 0 Å². The molecule has 7 rings (SSSR count). The zero-order chi connectivity index (χ0) is 26.3. The van der Waals surface area contributed by atoms with Crippen molar-refractivity contribution in [1.82, 2.24) is 24.6 Å². The van der Waals surface area contributed by atoms with E-state index in [-0.39, 0.29) is 0 Å². The molecule has 4 aromatic rings. The van der Waals surface area contributed by atoms with Gasteiger partial charge in [0.05, 0.1) is 11.6 Å². The number of rotatable bonds is 5. The van der Waals surface area contributed by atoms with Crippen LogP contribution < -0.4 is 10.6 Å². The minimum atomic E-state index is 0.394. The van der Waals surface area contributed by atoms with Crippen LogP contribution in [0.5, 0.6) is 0 Å². The van der Waals surface area contributed by atoms with Crippen LogP contribution in [0.3, 0.4) is 0 Å². The summed E-state index contributed by atoms with van der Waals surface area (Å²) in [7, 11) is 2.23. The van der Waals surface area contributed by atoms with E-state index in [9.17, 15) is 0 Å². The number of aromatic nitrogens is 3. The maximum atomic E-state index is 6.09. The third-order valence-corrected chi connectivity index (χ3v) is 8.59. The summed E-state index contributed by atoms with van der Waals surface area (Å²) >= 11 is 0. The lowest BCUT2D eigenvalue weighted by atomic mass is 9.89. The predicted molar refractivity (Wildman–Crippen MR) is 156 cm³/mol. The number of hydrogen-bond donors (Lipinski definition) is 2. The lowest BCUT2D eigenvalue weighted by molar-refractivity contribution is 0.0813. The zero-order valence-corrected chi connectivity index (χ0v) is 22.7. The van der Waals surface area contributed by atoms with Crippen molar-refractivity contribution in [1.29, 1.82) is 0 Å². The molecule has 0 radical (unpaired) electrons. The number of nitrogens with one attached hydrogen (secondary N) is 2. The highest BCUT2D eigenvalue weighted by molar-refractivity contribution is 6.09. The number of para-hydroxylation sites is 1. The number of nitrogens with zero attached hydrogens (tertiary/aromatic N) is 6. The standard InChI is InChI=1S/C30H36N8O/c1-20-27-28(21-8-13-25-26(18-21)39-30(34-25)33-22-6-4-3-5-7-22)35-38(29(27)32-19-31-20)24-11-9-23(10-12-24)37-16-14-36(2)15-17-37/h3-8,13,18,23-24,32H,9-12,14-17,19H2,1-2H3,(H,33,34). The van der Waals surface area contributed by atoms with Crippen molar-refractivity contribution in [2.75, 3.05) is 50.5 Å². The Kier molecular flexibility index (Phi) is 6.33. The number of benzene rings is 2. The van der Waals surface area contributed by atoms with Gasteiger partial charge in [-0.25, -0.2) is 4.68 Å². The number of anilines is 3. The van der Waals surface area contributed by atoms with Gasteiger partial charge >= 0.3 is 0 Å². The molecule has 202 valence electrons. The molecule has 0 spiro atoms. The monoisotopic (exact) mass is 524 g/mol. The van der Waals surface area contributed by atoms with Gasteiger partial charge < -0.3 is 20.0 Å². The van der Waals surface area contributed by atoms with Gasteiger partial charge in [0.1, 0.15) is 23.7 Å². The van der Waals surface area contributed by atoms with Crippen LogP contribution in [0, 0.1) is 0 Å². The number of oxazole rings is 1. The second kappa shape index (κ2) is 10.1. The molecule has 1 aliphatic carbocycles. The summed E-state index contributed by atoms with van der Waals surface area (Å²) in [5.74, 6) is 1.10. The summed E-state index contributed by atoms with van der Waals surface area (Å²) in [5.41, 5.74) is 6.60. The zero-order valence-electron chi connectivity index (χ0n) is 22.7. The molecule has 2 aliphatic heterocycles. The summed E-state index contributed by atoms with van der Waals surface area (Å²) in [4.78, 5) is 14.5. The van der Waals surface area contributed by atoms with Crippen LogP contribution in [0.25, 0.3) is 22.4 Å². The van der Waals surface area contributed by atoms with Crippen LogP contribution in [0.4, 0.5) is 17.5 Å². The normalized spacial score (nSPS) is 22.4. The summed E-state index contributed by atoms with van der Waals surface area (Å²) in [5, 5.41) is 12.0. The van der Waals surface area contributed by atoms with E-state index in [1.807, 2.05) is 36.4 Å². The van der Waals surface area contributed by atoms with Crippen molar-refractivity contribution in [2.24, 2.45) is 4.99 Å². The number of aliphatic imine (C=N–C) groups is 1. The first-order chi connectivity index (χ1) is 19.1. The molecule has 2 aromatic carbocycles. The lowest BCUT2D eigenvalue weighted by Crippen LogP contribution is -2.50. The van der Waals surface area contributed by atoms with Crippen LogP contribution >= 0.6 is 0 Å². The van der Waals surface area contributed by atoms with Gasteiger partial charge in [0.25, 0.3) is 6.01 Å². The minimum absolute atomic E-state index is 0.394. The van der Waals surface area contributed by atoms with Crippen molar-refractivity contribution in [3.63, 3.8) is 0 Å². The van der Waals surface area contributed by atoms with Gasteiger partial charge in [-0.2, -0.15) is 10.1 Å². The first kappa shape index (κ1) is 24.4. The molecule has 1 saturated heterocycles. The molecule has 39 heavy (non-hydrogen) atoms. The molecule has 0 atom stereocenters. The van der Waals surface area contributed by atoms with E-state index in [2.05, 4.69) is 56.2 Å². The van der Waals surface area contributed by atoms with E-state index in [4.69, 9.17) is 14.5 Å². The van der Waals surface area contributed by atoms with E-state index in [1.54, 1.807) is 0 Å². The third kappa shape index (κ3) is 4.70. The maximum absolute atomic E-state index is 6.09. The molecule has 0 amide bonds. The highest BCUT2D eigenvalue weighted by Crippen LogP contribution is 2.39. The Balaban J connectivity index is 1.16. The molecule has 4 heterocycles. The smallest absolute Gasteiger partial charge is 0.300 e. The fraction of sp³-hybridized carbons (Fsp3) is 0.433. The number of likely N-dealkylation sites (N-methyl/N-ethyl adjacent to an activating group) is 1. The molecule has 2 N–H and O–H groups in total. The second-order valence-corrected chi connectivity index (χ2v) is 11.1. The maximum Gasteiger partial charge on any atom is 0.300 e. The molecule has 1 saturated carbocycles. The molecule has 0 unspecified atom stereocenters. The Hall–Kier alpha value is -3.69. The van der Waals surface area contributed by atoms with E-state index in [1.165, 1.54) is 39.0 Å². The van der Waals surface area contributed by atoms with Crippen LogP contribution in [0.15, 0.2) is 57.9 Å². The Labute approximate surface area is 228 Å². The average Bonchev–Trinajstić information content (AvgIpc) is 3.56. The fourth-order valence-corrected chi connectivity index (χ4v) is 6.35. The molecule has 0 bridgehead atoms. The van der Waals surface area contributed by atoms with E-state index < -0.39 is 0 Å². The Morgan fingerprint density at radius 1 is 0.949 bits per heavy atom. The Morgan fingerprint density at radius 3 is 2.51 bits per heavy atom. The number of hydrogen-bond acceptors (Lipinski definition) is 8. The summed E-state index contributed by atoms with van der Waals surface area (Å²) < 4.78 is 8.35. The highest BCUT2D eigenvalue weighted by Gasteiger charge is 2.32. The van der Waals surface area contributed by atoms with Crippen molar-refractivity contribution in [3.05, 3.63) is 54.1 Å². The molecule has 2 fully saturated rings. The summed E-state index contributed by atoms with van der Waals surface area (Å²) in [6, 6.07) is 17.7. The van der Waals surface area contributed by atoms with Crippen LogP contribution in [0.1, 0.15) is 44.2 Å². The number of piperazine rings is 1. The molecular weight excluding hydrogens is 488 g/mol. The second-order valence-electron chi connectivity index (χ2n) is 11.1. The van der Waals surface area contributed by atoms with Crippen LogP contribution in [-0.2, 0) is 0 Å². The lowest BCUT2D eigenvalue weighted by Gasteiger charge is -2.41. The van der Waals surface area contributed by atoms with Crippen molar-refractivity contribution in [3.8, 4) is 11.3 Å². The van der Waals surface area contributed by atoms with Gasteiger partial charge in [-0.1, -0.05) is 24.3 Å².